The smallest absolute Gasteiger partial charge is 0.335 e. The molecule has 0 spiro atoms. The number of aromatic carboxylic acids is 1. The van der Waals surface area contributed by atoms with E-state index in [1.165, 1.54) is 11.3 Å². The summed E-state index contributed by atoms with van der Waals surface area (Å²) in [7, 11) is 0. The number of carboxylic acids is 1. The highest BCUT2D eigenvalue weighted by atomic mass is 35.5. The van der Waals surface area contributed by atoms with E-state index in [0.29, 0.717) is 0 Å². The van der Waals surface area contributed by atoms with Crippen LogP contribution in [0.1, 0.15) is 15.9 Å². The lowest BCUT2D eigenvalue weighted by atomic mass is 10.2. The number of fused-ring (bicyclic) bond motifs is 1. The Hall–Kier alpha value is -1.43. The number of carboxylic acid groups (broad SMARTS) is 1. The van der Waals surface area contributed by atoms with Crippen molar-refractivity contribution in [2.45, 2.75) is 6.92 Å². The average molecular weight is 310 g/mol. The Morgan fingerprint density at radius 2 is 2.21 bits per heavy atom. The van der Waals surface area contributed by atoms with Crippen molar-refractivity contribution in [3.8, 4) is 9.88 Å². The zero-order valence-electron chi connectivity index (χ0n) is 9.81. The minimum absolute atomic E-state index is 0.274. The number of thiophene rings is 1. The topological polar surface area (TPSA) is 50.2 Å². The monoisotopic (exact) mass is 309 g/mol. The van der Waals surface area contributed by atoms with Gasteiger partial charge in [0.25, 0.3) is 0 Å². The molecule has 0 amide bonds. The van der Waals surface area contributed by atoms with Crippen molar-refractivity contribution < 1.29 is 9.90 Å². The Balaban J connectivity index is 2.16. The highest BCUT2D eigenvalue weighted by Gasteiger charge is 2.14. The number of hydrogen-bond donors (Lipinski definition) is 1. The van der Waals surface area contributed by atoms with E-state index in [2.05, 4.69) is 4.98 Å². The first kappa shape index (κ1) is 12.6. The average Bonchev–Trinajstić information content (AvgIpc) is 2.93. The first-order valence-electron chi connectivity index (χ1n) is 5.44. The van der Waals surface area contributed by atoms with Gasteiger partial charge in [-0.25, -0.2) is 9.78 Å². The molecule has 0 atom stereocenters. The summed E-state index contributed by atoms with van der Waals surface area (Å²) in [5.41, 5.74) is 2.11. The van der Waals surface area contributed by atoms with Gasteiger partial charge in [-0.1, -0.05) is 11.6 Å². The van der Waals surface area contributed by atoms with Crippen molar-refractivity contribution in [1.29, 1.82) is 0 Å². The standard InChI is InChI=1S/C13H8ClNO2S2/c1-6-5-18-11(10(6)14)12-15-8-3-2-7(13(16)17)4-9(8)19-12/h2-5H,1H3,(H,16,17). The summed E-state index contributed by atoms with van der Waals surface area (Å²) in [5.74, 6) is -0.929. The summed E-state index contributed by atoms with van der Waals surface area (Å²) in [5, 5.41) is 12.5. The van der Waals surface area contributed by atoms with Gasteiger partial charge < -0.3 is 5.11 Å². The number of hydrogen-bond acceptors (Lipinski definition) is 4. The van der Waals surface area contributed by atoms with Crippen LogP contribution >= 0.6 is 34.3 Å². The minimum atomic E-state index is -0.929. The third kappa shape index (κ3) is 2.14. The van der Waals surface area contributed by atoms with Crippen LogP contribution in [0.2, 0.25) is 5.02 Å². The van der Waals surface area contributed by atoms with Crippen LogP contribution in [-0.2, 0) is 0 Å². The van der Waals surface area contributed by atoms with Gasteiger partial charge in [0, 0.05) is 0 Å². The molecule has 1 N–H and O–H groups in total. The lowest BCUT2D eigenvalue weighted by Gasteiger charge is -1.91. The molecule has 3 aromatic rings. The van der Waals surface area contributed by atoms with Crippen LogP contribution in [0.3, 0.4) is 0 Å². The Morgan fingerprint density at radius 3 is 2.84 bits per heavy atom. The fourth-order valence-electron chi connectivity index (χ4n) is 1.73. The van der Waals surface area contributed by atoms with Gasteiger partial charge >= 0.3 is 5.97 Å². The predicted molar refractivity (Wildman–Crippen MR) is 79.6 cm³/mol. The van der Waals surface area contributed by atoms with Crippen LogP contribution in [0.25, 0.3) is 20.1 Å². The van der Waals surface area contributed by atoms with E-state index in [4.69, 9.17) is 16.7 Å². The lowest BCUT2D eigenvalue weighted by molar-refractivity contribution is 0.0697. The van der Waals surface area contributed by atoms with Gasteiger partial charge in [0.05, 0.1) is 25.7 Å². The van der Waals surface area contributed by atoms with Crippen LogP contribution in [0, 0.1) is 6.92 Å². The molecule has 0 unspecified atom stereocenters. The maximum atomic E-state index is 10.9. The zero-order valence-corrected chi connectivity index (χ0v) is 12.2. The summed E-state index contributed by atoms with van der Waals surface area (Å²) in [4.78, 5) is 16.4. The molecule has 3 nitrogen and oxygen atoms in total. The first-order chi connectivity index (χ1) is 9.06. The Bertz CT molecular complexity index is 791. The number of aromatic nitrogens is 1. The van der Waals surface area contributed by atoms with E-state index in [-0.39, 0.29) is 5.56 Å². The second kappa shape index (κ2) is 4.59. The lowest BCUT2D eigenvalue weighted by Crippen LogP contribution is -1.94. The van der Waals surface area contributed by atoms with Gasteiger partial charge in [-0.05, 0) is 36.1 Å². The second-order valence-electron chi connectivity index (χ2n) is 4.07. The molecule has 0 aliphatic carbocycles. The van der Waals surface area contributed by atoms with E-state index in [0.717, 1.165) is 30.7 Å². The summed E-state index contributed by atoms with van der Waals surface area (Å²) in [6.45, 7) is 1.96. The molecule has 0 saturated heterocycles. The van der Waals surface area contributed by atoms with Gasteiger partial charge in [-0.2, -0.15) is 0 Å². The molecule has 0 fully saturated rings. The van der Waals surface area contributed by atoms with Crippen molar-refractivity contribution >= 4 is 50.5 Å². The van der Waals surface area contributed by atoms with Crippen molar-refractivity contribution in [3.63, 3.8) is 0 Å². The highest BCUT2D eigenvalue weighted by Crippen LogP contribution is 2.40. The van der Waals surface area contributed by atoms with E-state index < -0.39 is 5.97 Å². The van der Waals surface area contributed by atoms with Crippen LogP contribution in [-0.4, -0.2) is 16.1 Å². The maximum Gasteiger partial charge on any atom is 0.335 e. The van der Waals surface area contributed by atoms with Gasteiger partial charge in [-0.15, -0.1) is 22.7 Å². The van der Waals surface area contributed by atoms with E-state index >= 15 is 0 Å². The van der Waals surface area contributed by atoms with Crippen LogP contribution in [0.15, 0.2) is 23.6 Å². The first-order valence-corrected chi connectivity index (χ1v) is 7.51. The van der Waals surface area contributed by atoms with E-state index in [9.17, 15) is 4.79 Å². The number of aryl methyl sites for hydroxylation is 1. The number of thiazole rings is 1. The van der Waals surface area contributed by atoms with Crippen molar-refractivity contribution in [3.05, 3.63) is 39.7 Å². The number of carbonyl (C=O) groups is 1. The van der Waals surface area contributed by atoms with Crippen LogP contribution < -0.4 is 0 Å². The van der Waals surface area contributed by atoms with Gasteiger partial charge in [0.2, 0.25) is 0 Å². The molecule has 96 valence electrons. The molecule has 0 bridgehead atoms. The summed E-state index contributed by atoms with van der Waals surface area (Å²) in [6, 6.07) is 4.94. The molecular weight excluding hydrogens is 302 g/mol. The minimum Gasteiger partial charge on any atom is -0.478 e. The van der Waals surface area contributed by atoms with E-state index in [1.54, 1.807) is 29.5 Å². The zero-order chi connectivity index (χ0) is 13.6. The maximum absolute atomic E-state index is 10.9. The largest absolute Gasteiger partial charge is 0.478 e. The molecule has 19 heavy (non-hydrogen) atoms. The molecule has 3 rings (SSSR count). The molecule has 0 radical (unpaired) electrons. The Morgan fingerprint density at radius 1 is 1.42 bits per heavy atom. The molecule has 0 aliphatic rings. The molecule has 0 aliphatic heterocycles. The summed E-state index contributed by atoms with van der Waals surface area (Å²) >= 11 is 9.25. The summed E-state index contributed by atoms with van der Waals surface area (Å²) in [6.07, 6.45) is 0. The Labute approximate surface area is 122 Å². The van der Waals surface area contributed by atoms with Crippen molar-refractivity contribution in [2.75, 3.05) is 0 Å². The normalized spacial score (nSPS) is 11.1. The molecule has 1 aromatic carbocycles. The molecule has 2 aromatic heterocycles. The highest BCUT2D eigenvalue weighted by molar-refractivity contribution is 7.25. The van der Waals surface area contributed by atoms with E-state index in [1.807, 2.05) is 12.3 Å². The third-order valence-electron chi connectivity index (χ3n) is 2.73. The van der Waals surface area contributed by atoms with Crippen molar-refractivity contribution in [2.24, 2.45) is 0 Å². The SMILES string of the molecule is Cc1csc(-c2nc3ccc(C(=O)O)cc3s2)c1Cl. The van der Waals surface area contributed by atoms with Crippen molar-refractivity contribution in [1.82, 2.24) is 4.98 Å². The van der Waals surface area contributed by atoms with Gasteiger partial charge in [0.1, 0.15) is 5.01 Å². The van der Waals surface area contributed by atoms with Gasteiger partial charge in [-0.3, -0.25) is 0 Å². The van der Waals surface area contributed by atoms with Crippen LogP contribution in [0.5, 0.6) is 0 Å². The molecule has 0 saturated carbocycles. The number of halogens is 1. The Kier molecular flexibility index (Phi) is 3.05. The number of rotatable bonds is 2. The third-order valence-corrected chi connectivity index (χ3v) is 5.60. The fourth-order valence-corrected chi connectivity index (χ4v) is 4.17. The second-order valence-corrected chi connectivity index (χ2v) is 6.36. The molecular formula is C13H8ClNO2S2. The molecule has 2 heterocycles. The number of nitrogens with zero attached hydrogens (tertiary/aromatic N) is 1. The summed E-state index contributed by atoms with van der Waals surface area (Å²) < 4.78 is 0.858. The van der Waals surface area contributed by atoms with Gasteiger partial charge in [0.15, 0.2) is 0 Å². The quantitative estimate of drug-likeness (QED) is 0.747. The fraction of sp³-hybridized carbons (Fsp3) is 0.0769. The van der Waals surface area contributed by atoms with Crippen LogP contribution in [0.4, 0.5) is 0 Å². The predicted octanol–water partition coefficient (Wildman–Crippen LogP) is 4.68. The molecule has 6 heteroatoms. The number of benzene rings is 1.